The summed E-state index contributed by atoms with van der Waals surface area (Å²) in [6.07, 6.45) is 3.97. The molecule has 0 radical (unpaired) electrons. The van der Waals surface area contributed by atoms with Gasteiger partial charge in [0.05, 0.1) is 6.04 Å². The lowest BCUT2D eigenvalue weighted by Crippen LogP contribution is -2.33. The molecule has 176 valence electrons. The standard InChI is InChI=1S/C26H29N5O3/c1-3-22(32)30(2)14-13-17-15-19(16-17)31-25(27)23(26(28)33)24(29-31)18-9-11-21(12-10-18)34-20-7-5-4-6-8-20/h3-12,17,19H,1,13-16,27H2,2H3,(H2,28,33). The number of hydrogen-bond acceptors (Lipinski definition) is 5. The van der Waals surface area contributed by atoms with Crippen molar-refractivity contribution in [1.29, 1.82) is 0 Å². The molecule has 0 bridgehead atoms. The maximum absolute atomic E-state index is 12.2. The molecular formula is C26H29N5O3. The summed E-state index contributed by atoms with van der Waals surface area (Å²) in [6, 6.07) is 16.9. The minimum Gasteiger partial charge on any atom is -0.457 e. The average Bonchev–Trinajstić information content (AvgIpc) is 3.15. The zero-order valence-electron chi connectivity index (χ0n) is 19.2. The molecule has 0 saturated heterocycles. The van der Waals surface area contributed by atoms with Gasteiger partial charge < -0.3 is 21.1 Å². The summed E-state index contributed by atoms with van der Waals surface area (Å²) in [4.78, 5) is 25.5. The third-order valence-corrected chi connectivity index (χ3v) is 6.28. The number of nitrogen functional groups attached to an aromatic ring is 1. The molecule has 2 amide bonds. The molecule has 1 aliphatic carbocycles. The van der Waals surface area contributed by atoms with Gasteiger partial charge in [0.1, 0.15) is 28.6 Å². The van der Waals surface area contributed by atoms with Gasteiger partial charge in [0, 0.05) is 19.2 Å². The Morgan fingerprint density at radius 2 is 1.79 bits per heavy atom. The molecule has 1 saturated carbocycles. The van der Waals surface area contributed by atoms with E-state index < -0.39 is 5.91 Å². The second kappa shape index (κ2) is 9.82. The predicted molar refractivity (Wildman–Crippen MR) is 131 cm³/mol. The molecule has 1 fully saturated rings. The zero-order valence-corrected chi connectivity index (χ0v) is 19.2. The summed E-state index contributed by atoms with van der Waals surface area (Å²) in [6.45, 7) is 4.19. The first-order chi connectivity index (χ1) is 16.4. The van der Waals surface area contributed by atoms with Crippen LogP contribution in [0.2, 0.25) is 0 Å². The van der Waals surface area contributed by atoms with E-state index in [1.54, 1.807) is 16.6 Å². The van der Waals surface area contributed by atoms with Crippen LogP contribution >= 0.6 is 0 Å². The minimum absolute atomic E-state index is 0.0804. The van der Waals surface area contributed by atoms with Crippen molar-refractivity contribution in [2.45, 2.75) is 25.3 Å². The highest BCUT2D eigenvalue weighted by Gasteiger charge is 2.34. The van der Waals surface area contributed by atoms with Crippen molar-refractivity contribution in [3.8, 4) is 22.8 Å². The van der Waals surface area contributed by atoms with Crippen LogP contribution in [0.25, 0.3) is 11.3 Å². The van der Waals surface area contributed by atoms with Crippen LogP contribution < -0.4 is 16.2 Å². The first kappa shape index (κ1) is 23.1. The number of nitrogens with zero attached hydrogens (tertiary/aromatic N) is 3. The fourth-order valence-corrected chi connectivity index (χ4v) is 4.25. The van der Waals surface area contributed by atoms with Crippen LogP contribution in [-0.4, -0.2) is 40.1 Å². The number of carbonyl (C=O) groups is 2. The van der Waals surface area contributed by atoms with Crippen LogP contribution in [0.5, 0.6) is 11.5 Å². The second-order valence-electron chi connectivity index (χ2n) is 8.60. The molecule has 0 unspecified atom stereocenters. The SMILES string of the molecule is C=CC(=O)N(C)CCC1CC(n2nc(-c3ccc(Oc4ccccc4)cc3)c(C(N)=O)c2N)C1. The summed E-state index contributed by atoms with van der Waals surface area (Å²) in [5.74, 6) is 1.47. The van der Waals surface area contributed by atoms with Crippen molar-refractivity contribution >= 4 is 17.6 Å². The van der Waals surface area contributed by atoms with Crippen molar-refractivity contribution in [1.82, 2.24) is 14.7 Å². The molecule has 4 rings (SSSR count). The van der Waals surface area contributed by atoms with E-state index in [2.05, 4.69) is 11.7 Å². The van der Waals surface area contributed by atoms with E-state index in [1.165, 1.54) is 6.08 Å². The number of benzene rings is 2. The Morgan fingerprint density at radius 3 is 2.41 bits per heavy atom. The molecule has 1 heterocycles. The van der Waals surface area contributed by atoms with Crippen LogP contribution in [-0.2, 0) is 4.79 Å². The third kappa shape index (κ3) is 4.80. The summed E-state index contributed by atoms with van der Waals surface area (Å²) >= 11 is 0. The number of carbonyl (C=O) groups excluding carboxylic acids is 2. The highest BCUT2D eigenvalue weighted by molar-refractivity contribution is 6.03. The Hall–Kier alpha value is -4.07. The first-order valence-electron chi connectivity index (χ1n) is 11.3. The summed E-state index contributed by atoms with van der Waals surface area (Å²) in [5.41, 5.74) is 13.4. The second-order valence-corrected chi connectivity index (χ2v) is 8.60. The number of likely N-dealkylation sites (N-methyl/N-ethyl adjacent to an activating group) is 1. The Kier molecular flexibility index (Phi) is 6.67. The number of anilines is 1. The lowest BCUT2D eigenvalue weighted by atomic mass is 9.78. The van der Waals surface area contributed by atoms with Crippen molar-refractivity contribution in [3.63, 3.8) is 0 Å². The van der Waals surface area contributed by atoms with E-state index in [0.29, 0.717) is 23.9 Å². The fraction of sp³-hybridized carbons (Fsp3) is 0.269. The van der Waals surface area contributed by atoms with Crippen LogP contribution in [0, 0.1) is 5.92 Å². The topological polar surface area (TPSA) is 116 Å². The number of rotatable bonds is 9. The van der Waals surface area contributed by atoms with E-state index in [9.17, 15) is 9.59 Å². The molecule has 8 heteroatoms. The third-order valence-electron chi connectivity index (χ3n) is 6.28. The Morgan fingerprint density at radius 1 is 1.15 bits per heavy atom. The van der Waals surface area contributed by atoms with E-state index in [-0.39, 0.29) is 23.3 Å². The summed E-state index contributed by atoms with van der Waals surface area (Å²) in [7, 11) is 1.77. The van der Waals surface area contributed by atoms with Gasteiger partial charge in [-0.05, 0) is 67.7 Å². The monoisotopic (exact) mass is 459 g/mol. The molecular weight excluding hydrogens is 430 g/mol. The molecule has 34 heavy (non-hydrogen) atoms. The lowest BCUT2D eigenvalue weighted by molar-refractivity contribution is -0.125. The quantitative estimate of drug-likeness (QED) is 0.469. The largest absolute Gasteiger partial charge is 0.457 e. The number of aromatic nitrogens is 2. The predicted octanol–water partition coefficient (Wildman–Crippen LogP) is 4.01. The van der Waals surface area contributed by atoms with Gasteiger partial charge in [0.2, 0.25) is 5.91 Å². The van der Waals surface area contributed by atoms with Gasteiger partial charge in [-0.3, -0.25) is 9.59 Å². The van der Waals surface area contributed by atoms with Gasteiger partial charge >= 0.3 is 0 Å². The van der Waals surface area contributed by atoms with E-state index >= 15 is 0 Å². The Balaban J connectivity index is 1.47. The number of ether oxygens (including phenoxy) is 1. The molecule has 1 aromatic heterocycles. The van der Waals surface area contributed by atoms with Gasteiger partial charge in [-0.15, -0.1) is 0 Å². The van der Waals surface area contributed by atoms with E-state index in [1.807, 2.05) is 54.6 Å². The number of nitrogens with two attached hydrogens (primary N) is 2. The lowest BCUT2D eigenvalue weighted by Gasteiger charge is -2.36. The molecule has 0 atom stereocenters. The summed E-state index contributed by atoms with van der Waals surface area (Å²) < 4.78 is 7.56. The molecule has 0 spiro atoms. The van der Waals surface area contributed by atoms with Gasteiger partial charge in [0.25, 0.3) is 5.91 Å². The van der Waals surface area contributed by atoms with Crippen LogP contribution in [0.3, 0.4) is 0 Å². The molecule has 3 aromatic rings. The number of primary amides is 1. The molecule has 1 aliphatic rings. The molecule has 4 N–H and O–H groups in total. The highest BCUT2D eigenvalue weighted by atomic mass is 16.5. The minimum atomic E-state index is -0.608. The summed E-state index contributed by atoms with van der Waals surface area (Å²) in [5, 5.41) is 4.68. The Labute approximate surface area is 198 Å². The number of hydrogen-bond donors (Lipinski definition) is 2. The van der Waals surface area contributed by atoms with E-state index in [0.717, 1.165) is 30.6 Å². The Bertz CT molecular complexity index is 1180. The van der Waals surface area contributed by atoms with E-state index in [4.69, 9.17) is 16.2 Å². The number of amides is 2. The van der Waals surface area contributed by atoms with Crippen molar-refractivity contribution < 1.29 is 14.3 Å². The van der Waals surface area contributed by atoms with Crippen LogP contribution in [0.4, 0.5) is 5.82 Å². The smallest absolute Gasteiger partial charge is 0.254 e. The van der Waals surface area contributed by atoms with Crippen LogP contribution in [0.1, 0.15) is 35.7 Å². The number of para-hydroxylation sites is 1. The van der Waals surface area contributed by atoms with Gasteiger partial charge in [-0.2, -0.15) is 5.10 Å². The molecule has 8 nitrogen and oxygen atoms in total. The average molecular weight is 460 g/mol. The highest BCUT2D eigenvalue weighted by Crippen LogP contribution is 2.42. The van der Waals surface area contributed by atoms with Gasteiger partial charge in [-0.25, -0.2) is 4.68 Å². The normalized spacial score (nSPS) is 17.0. The maximum Gasteiger partial charge on any atom is 0.254 e. The van der Waals surface area contributed by atoms with Crippen LogP contribution in [0.15, 0.2) is 67.3 Å². The fourth-order valence-electron chi connectivity index (χ4n) is 4.25. The molecule has 2 aromatic carbocycles. The van der Waals surface area contributed by atoms with Crippen molar-refractivity contribution in [2.75, 3.05) is 19.3 Å². The first-order valence-corrected chi connectivity index (χ1v) is 11.3. The molecule has 0 aliphatic heterocycles. The van der Waals surface area contributed by atoms with Crippen molar-refractivity contribution in [3.05, 3.63) is 72.8 Å². The maximum atomic E-state index is 12.2. The van der Waals surface area contributed by atoms with Crippen molar-refractivity contribution in [2.24, 2.45) is 11.7 Å². The van der Waals surface area contributed by atoms with Gasteiger partial charge in [0.15, 0.2) is 0 Å². The zero-order chi connectivity index (χ0) is 24.2. The van der Waals surface area contributed by atoms with Gasteiger partial charge in [-0.1, -0.05) is 24.8 Å².